The number of rotatable bonds is 5. The number of nitrogens with zero attached hydrogens (tertiary/aromatic N) is 2. The SMILES string of the molecule is CCOc1ccc(/C=C/c2ccc3c([N+](=O)[O-])cccc3n2)cc1. The molecule has 1 heterocycles. The number of nitro benzene ring substituents is 1. The number of fused-ring (bicyclic) bond motifs is 1. The van der Waals surface area contributed by atoms with Crippen molar-refractivity contribution in [2.24, 2.45) is 0 Å². The molecule has 3 aromatic rings. The Morgan fingerprint density at radius 2 is 1.88 bits per heavy atom. The van der Waals surface area contributed by atoms with Crippen LogP contribution in [0.25, 0.3) is 23.1 Å². The molecule has 0 bridgehead atoms. The molecule has 24 heavy (non-hydrogen) atoms. The molecule has 5 heteroatoms. The van der Waals surface area contributed by atoms with E-state index in [1.54, 1.807) is 24.3 Å². The van der Waals surface area contributed by atoms with Crippen LogP contribution in [-0.4, -0.2) is 16.5 Å². The minimum Gasteiger partial charge on any atom is -0.494 e. The van der Waals surface area contributed by atoms with Crippen molar-refractivity contribution in [1.82, 2.24) is 4.98 Å². The molecule has 0 spiro atoms. The zero-order chi connectivity index (χ0) is 16.9. The first kappa shape index (κ1) is 15.7. The van der Waals surface area contributed by atoms with Crippen LogP contribution < -0.4 is 4.74 Å². The Kier molecular flexibility index (Phi) is 4.52. The van der Waals surface area contributed by atoms with Gasteiger partial charge in [-0.1, -0.05) is 24.3 Å². The van der Waals surface area contributed by atoms with E-state index in [0.717, 1.165) is 17.0 Å². The zero-order valence-electron chi connectivity index (χ0n) is 13.2. The highest BCUT2D eigenvalue weighted by molar-refractivity contribution is 5.88. The predicted octanol–water partition coefficient (Wildman–Crippen LogP) is 4.71. The number of hydrogen-bond donors (Lipinski definition) is 0. The lowest BCUT2D eigenvalue weighted by Crippen LogP contribution is -1.91. The minimum atomic E-state index is -0.389. The standard InChI is InChI=1S/C19H16N2O3/c1-2-24-16-11-7-14(8-12-16)6-9-15-10-13-17-18(20-15)4-3-5-19(17)21(22)23/h3-13H,2H2,1H3/b9-6+. The second kappa shape index (κ2) is 6.91. The smallest absolute Gasteiger partial charge is 0.278 e. The molecule has 0 unspecified atom stereocenters. The number of benzene rings is 2. The highest BCUT2D eigenvalue weighted by Gasteiger charge is 2.11. The van der Waals surface area contributed by atoms with Gasteiger partial charge >= 0.3 is 0 Å². The van der Waals surface area contributed by atoms with Gasteiger partial charge in [-0.25, -0.2) is 4.98 Å². The highest BCUT2D eigenvalue weighted by Crippen LogP contribution is 2.24. The lowest BCUT2D eigenvalue weighted by Gasteiger charge is -2.02. The fourth-order valence-corrected chi connectivity index (χ4v) is 2.43. The summed E-state index contributed by atoms with van der Waals surface area (Å²) in [6, 6.07) is 16.2. The molecule has 0 saturated heterocycles. The summed E-state index contributed by atoms with van der Waals surface area (Å²) in [6.45, 7) is 2.59. The van der Waals surface area contributed by atoms with Gasteiger partial charge in [-0.3, -0.25) is 10.1 Å². The van der Waals surface area contributed by atoms with Gasteiger partial charge in [-0.2, -0.15) is 0 Å². The monoisotopic (exact) mass is 320 g/mol. The third kappa shape index (κ3) is 3.41. The molecule has 0 aliphatic heterocycles. The van der Waals surface area contributed by atoms with Crippen molar-refractivity contribution < 1.29 is 9.66 Å². The lowest BCUT2D eigenvalue weighted by atomic mass is 10.1. The van der Waals surface area contributed by atoms with Gasteiger partial charge in [0.05, 0.1) is 28.1 Å². The van der Waals surface area contributed by atoms with Gasteiger partial charge in [0, 0.05) is 6.07 Å². The molecule has 0 atom stereocenters. The van der Waals surface area contributed by atoms with Crippen LogP contribution in [-0.2, 0) is 0 Å². The molecule has 0 N–H and O–H groups in total. The summed E-state index contributed by atoms with van der Waals surface area (Å²) in [5.74, 6) is 0.839. The molecule has 0 aliphatic carbocycles. The fraction of sp³-hybridized carbons (Fsp3) is 0.105. The Hall–Kier alpha value is -3.21. The van der Waals surface area contributed by atoms with E-state index in [2.05, 4.69) is 4.98 Å². The molecule has 0 aliphatic rings. The molecule has 2 aromatic carbocycles. The third-order valence-corrected chi connectivity index (χ3v) is 3.56. The van der Waals surface area contributed by atoms with Gasteiger partial charge in [0.15, 0.2) is 0 Å². The number of hydrogen-bond acceptors (Lipinski definition) is 4. The van der Waals surface area contributed by atoms with E-state index in [9.17, 15) is 10.1 Å². The summed E-state index contributed by atoms with van der Waals surface area (Å²) < 4.78 is 5.41. The van der Waals surface area contributed by atoms with Crippen molar-refractivity contribution in [3.8, 4) is 5.75 Å². The van der Waals surface area contributed by atoms with E-state index in [0.29, 0.717) is 17.5 Å². The maximum atomic E-state index is 11.0. The van der Waals surface area contributed by atoms with E-state index >= 15 is 0 Å². The van der Waals surface area contributed by atoms with E-state index < -0.39 is 0 Å². The van der Waals surface area contributed by atoms with Gasteiger partial charge in [0.1, 0.15) is 5.75 Å². The van der Waals surface area contributed by atoms with Crippen LogP contribution in [0.15, 0.2) is 54.6 Å². The van der Waals surface area contributed by atoms with Crippen molar-refractivity contribution in [2.45, 2.75) is 6.92 Å². The van der Waals surface area contributed by atoms with Gasteiger partial charge in [0.25, 0.3) is 5.69 Å². The second-order valence-electron chi connectivity index (χ2n) is 5.17. The van der Waals surface area contributed by atoms with Crippen LogP contribution >= 0.6 is 0 Å². The number of nitro groups is 1. The Morgan fingerprint density at radius 3 is 2.58 bits per heavy atom. The van der Waals surface area contributed by atoms with Gasteiger partial charge in [-0.15, -0.1) is 0 Å². The molecule has 5 nitrogen and oxygen atoms in total. The lowest BCUT2D eigenvalue weighted by molar-refractivity contribution is -0.383. The van der Waals surface area contributed by atoms with Crippen LogP contribution in [0.4, 0.5) is 5.69 Å². The summed E-state index contributed by atoms with van der Waals surface area (Å²) in [5.41, 5.74) is 2.45. The number of aromatic nitrogens is 1. The summed E-state index contributed by atoms with van der Waals surface area (Å²) >= 11 is 0. The topological polar surface area (TPSA) is 65.3 Å². The molecule has 0 radical (unpaired) electrons. The Balaban J connectivity index is 1.86. The number of ether oxygens (including phenoxy) is 1. The van der Waals surface area contributed by atoms with Gasteiger partial charge in [-0.05, 0) is 48.9 Å². The largest absolute Gasteiger partial charge is 0.494 e. The van der Waals surface area contributed by atoms with Crippen LogP contribution in [0.1, 0.15) is 18.2 Å². The predicted molar refractivity (Wildman–Crippen MR) is 94.9 cm³/mol. The van der Waals surface area contributed by atoms with Crippen LogP contribution in [0.3, 0.4) is 0 Å². The highest BCUT2D eigenvalue weighted by atomic mass is 16.6. The molecule has 0 saturated carbocycles. The maximum absolute atomic E-state index is 11.0. The summed E-state index contributed by atoms with van der Waals surface area (Å²) in [6.07, 6.45) is 3.83. The number of non-ortho nitro benzene ring substituents is 1. The minimum absolute atomic E-state index is 0.0713. The Labute approximate surface area is 139 Å². The Bertz CT molecular complexity index is 902. The summed E-state index contributed by atoms with van der Waals surface area (Å²) in [5, 5.41) is 11.6. The molecule has 3 rings (SSSR count). The first-order valence-electron chi connectivity index (χ1n) is 7.62. The van der Waals surface area contributed by atoms with Crippen molar-refractivity contribution in [1.29, 1.82) is 0 Å². The van der Waals surface area contributed by atoms with Crippen molar-refractivity contribution in [3.63, 3.8) is 0 Å². The zero-order valence-corrected chi connectivity index (χ0v) is 13.2. The third-order valence-electron chi connectivity index (χ3n) is 3.56. The molecule has 0 amide bonds. The van der Waals surface area contributed by atoms with E-state index in [1.165, 1.54) is 6.07 Å². The average molecular weight is 320 g/mol. The van der Waals surface area contributed by atoms with Crippen molar-refractivity contribution in [3.05, 3.63) is 76.0 Å². The van der Waals surface area contributed by atoms with Crippen molar-refractivity contribution in [2.75, 3.05) is 6.61 Å². The average Bonchev–Trinajstić information content (AvgIpc) is 2.60. The fourth-order valence-electron chi connectivity index (χ4n) is 2.43. The first-order chi connectivity index (χ1) is 11.7. The first-order valence-corrected chi connectivity index (χ1v) is 7.62. The number of pyridine rings is 1. The van der Waals surface area contributed by atoms with Crippen molar-refractivity contribution >= 4 is 28.7 Å². The van der Waals surface area contributed by atoms with E-state index in [1.807, 2.05) is 43.3 Å². The maximum Gasteiger partial charge on any atom is 0.278 e. The molecule has 1 aromatic heterocycles. The van der Waals surface area contributed by atoms with Crippen LogP contribution in [0, 0.1) is 10.1 Å². The molecule has 0 fully saturated rings. The van der Waals surface area contributed by atoms with Crippen LogP contribution in [0.5, 0.6) is 5.75 Å². The van der Waals surface area contributed by atoms with Crippen LogP contribution in [0.2, 0.25) is 0 Å². The summed E-state index contributed by atoms with van der Waals surface area (Å²) in [4.78, 5) is 15.1. The quantitative estimate of drug-likeness (QED) is 0.504. The second-order valence-corrected chi connectivity index (χ2v) is 5.17. The molecular formula is C19H16N2O3. The Morgan fingerprint density at radius 1 is 1.08 bits per heavy atom. The van der Waals surface area contributed by atoms with E-state index in [-0.39, 0.29) is 10.6 Å². The summed E-state index contributed by atoms with van der Waals surface area (Å²) in [7, 11) is 0. The van der Waals surface area contributed by atoms with Gasteiger partial charge in [0.2, 0.25) is 0 Å². The molecular weight excluding hydrogens is 304 g/mol. The normalized spacial score (nSPS) is 11.0. The van der Waals surface area contributed by atoms with Gasteiger partial charge < -0.3 is 4.74 Å². The molecule has 120 valence electrons. The van der Waals surface area contributed by atoms with E-state index in [4.69, 9.17) is 4.74 Å².